The van der Waals surface area contributed by atoms with Crippen LogP contribution < -0.4 is 15.4 Å². The molecule has 1 heterocycles. The normalized spacial score (nSPS) is 15.2. The van der Waals surface area contributed by atoms with Gasteiger partial charge in [0.15, 0.2) is 0 Å². The van der Waals surface area contributed by atoms with E-state index in [9.17, 15) is 0 Å². The number of benzene rings is 1. The van der Waals surface area contributed by atoms with Crippen molar-refractivity contribution in [3.8, 4) is 5.75 Å². The molecule has 1 aliphatic rings. The van der Waals surface area contributed by atoms with Gasteiger partial charge in [-0.05, 0) is 44.0 Å². The number of ether oxygens (including phenoxy) is 1. The Hall–Kier alpha value is -2.30. The van der Waals surface area contributed by atoms with Gasteiger partial charge >= 0.3 is 0 Å². The van der Waals surface area contributed by atoms with E-state index in [0.717, 1.165) is 22.9 Å². The molecule has 2 N–H and O–H groups in total. The highest BCUT2D eigenvalue weighted by Gasteiger charge is 2.14. The van der Waals surface area contributed by atoms with E-state index in [1.54, 1.807) is 7.11 Å². The summed E-state index contributed by atoms with van der Waals surface area (Å²) in [5.41, 5.74) is 1.90. The SMILES string of the molecule is COc1ccc(Nc2nc(C)cc(NC3CCCCC3)n2)cc1. The highest BCUT2D eigenvalue weighted by molar-refractivity contribution is 5.56. The van der Waals surface area contributed by atoms with Crippen molar-refractivity contribution in [1.29, 1.82) is 0 Å². The van der Waals surface area contributed by atoms with Crippen LogP contribution in [0.5, 0.6) is 5.75 Å². The van der Waals surface area contributed by atoms with Crippen molar-refractivity contribution >= 4 is 17.5 Å². The highest BCUT2D eigenvalue weighted by Crippen LogP contribution is 2.23. The average molecular weight is 312 g/mol. The molecule has 0 unspecified atom stereocenters. The maximum Gasteiger partial charge on any atom is 0.229 e. The first-order valence-electron chi connectivity index (χ1n) is 8.26. The van der Waals surface area contributed by atoms with Crippen LogP contribution in [0.4, 0.5) is 17.5 Å². The van der Waals surface area contributed by atoms with E-state index in [1.165, 1.54) is 32.1 Å². The molecule has 5 heteroatoms. The Balaban J connectivity index is 1.71. The van der Waals surface area contributed by atoms with Crippen molar-refractivity contribution in [2.45, 2.75) is 45.1 Å². The molecule has 1 aromatic carbocycles. The molecular formula is C18H24N4O. The molecule has 1 aliphatic carbocycles. The summed E-state index contributed by atoms with van der Waals surface area (Å²) in [5.74, 6) is 2.36. The molecule has 1 fully saturated rings. The summed E-state index contributed by atoms with van der Waals surface area (Å²) in [7, 11) is 1.66. The minimum Gasteiger partial charge on any atom is -0.497 e. The van der Waals surface area contributed by atoms with Gasteiger partial charge in [0.1, 0.15) is 11.6 Å². The molecule has 0 amide bonds. The maximum absolute atomic E-state index is 5.17. The molecule has 1 saturated carbocycles. The Kier molecular flexibility index (Phi) is 4.95. The number of methoxy groups -OCH3 is 1. The number of anilines is 3. The molecule has 2 aromatic rings. The summed E-state index contributed by atoms with van der Waals surface area (Å²) in [6.45, 7) is 1.99. The van der Waals surface area contributed by atoms with Crippen LogP contribution in [0.2, 0.25) is 0 Å². The smallest absolute Gasteiger partial charge is 0.229 e. The lowest BCUT2D eigenvalue weighted by atomic mass is 9.95. The largest absolute Gasteiger partial charge is 0.497 e. The van der Waals surface area contributed by atoms with Crippen LogP contribution in [0.25, 0.3) is 0 Å². The van der Waals surface area contributed by atoms with Crippen LogP contribution >= 0.6 is 0 Å². The van der Waals surface area contributed by atoms with Gasteiger partial charge in [0.05, 0.1) is 7.11 Å². The molecule has 0 aliphatic heterocycles. The summed E-state index contributed by atoms with van der Waals surface area (Å²) >= 11 is 0. The van der Waals surface area contributed by atoms with E-state index in [-0.39, 0.29) is 0 Å². The lowest BCUT2D eigenvalue weighted by molar-refractivity contribution is 0.415. The van der Waals surface area contributed by atoms with Crippen LogP contribution in [0, 0.1) is 6.92 Å². The van der Waals surface area contributed by atoms with Crippen molar-refractivity contribution in [3.63, 3.8) is 0 Å². The second-order valence-corrected chi connectivity index (χ2v) is 6.05. The van der Waals surface area contributed by atoms with E-state index in [1.807, 2.05) is 37.3 Å². The van der Waals surface area contributed by atoms with Gasteiger partial charge in [-0.1, -0.05) is 19.3 Å². The Morgan fingerprint density at radius 1 is 1.04 bits per heavy atom. The quantitative estimate of drug-likeness (QED) is 0.863. The first-order chi connectivity index (χ1) is 11.2. The van der Waals surface area contributed by atoms with Crippen LogP contribution in [0.3, 0.4) is 0 Å². The van der Waals surface area contributed by atoms with Crippen molar-refractivity contribution in [2.24, 2.45) is 0 Å². The first kappa shape index (κ1) is 15.6. The van der Waals surface area contributed by atoms with Crippen molar-refractivity contribution in [1.82, 2.24) is 9.97 Å². The molecule has 122 valence electrons. The Morgan fingerprint density at radius 3 is 2.48 bits per heavy atom. The Bertz CT molecular complexity index is 636. The first-order valence-corrected chi connectivity index (χ1v) is 8.26. The summed E-state index contributed by atoms with van der Waals surface area (Å²) in [6, 6.07) is 10.3. The molecule has 5 nitrogen and oxygen atoms in total. The van der Waals surface area contributed by atoms with Gasteiger partial charge in [-0.25, -0.2) is 4.98 Å². The predicted molar refractivity (Wildman–Crippen MR) is 93.5 cm³/mol. The van der Waals surface area contributed by atoms with Gasteiger partial charge in [0, 0.05) is 23.5 Å². The summed E-state index contributed by atoms with van der Waals surface area (Å²) in [4.78, 5) is 9.07. The third-order valence-electron chi connectivity index (χ3n) is 4.16. The number of hydrogen-bond acceptors (Lipinski definition) is 5. The fourth-order valence-corrected chi connectivity index (χ4v) is 2.96. The van der Waals surface area contributed by atoms with E-state index in [4.69, 9.17) is 4.74 Å². The van der Waals surface area contributed by atoms with E-state index < -0.39 is 0 Å². The Morgan fingerprint density at radius 2 is 1.78 bits per heavy atom. The molecule has 0 radical (unpaired) electrons. The van der Waals surface area contributed by atoms with Gasteiger partial charge in [0.2, 0.25) is 5.95 Å². The lowest BCUT2D eigenvalue weighted by Gasteiger charge is -2.23. The summed E-state index contributed by atoms with van der Waals surface area (Å²) in [6.07, 6.45) is 6.41. The zero-order valence-corrected chi connectivity index (χ0v) is 13.8. The molecule has 3 rings (SSSR count). The Labute approximate surface area is 137 Å². The van der Waals surface area contributed by atoms with Gasteiger partial charge in [-0.2, -0.15) is 4.98 Å². The predicted octanol–water partition coefficient (Wildman–Crippen LogP) is 4.28. The second kappa shape index (κ2) is 7.31. The minimum absolute atomic E-state index is 0.534. The van der Waals surface area contributed by atoms with Crippen molar-refractivity contribution < 1.29 is 4.74 Å². The third-order valence-corrected chi connectivity index (χ3v) is 4.16. The van der Waals surface area contributed by atoms with E-state index >= 15 is 0 Å². The monoisotopic (exact) mass is 312 g/mol. The van der Waals surface area contributed by atoms with Gasteiger partial charge in [-0.15, -0.1) is 0 Å². The zero-order chi connectivity index (χ0) is 16.1. The maximum atomic E-state index is 5.17. The molecule has 0 bridgehead atoms. The van der Waals surface area contributed by atoms with Gasteiger partial charge in [0.25, 0.3) is 0 Å². The van der Waals surface area contributed by atoms with Crippen LogP contribution in [0.15, 0.2) is 30.3 Å². The summed E-state index contributed by atoms with van der Waals surface area (Å²) in [5, 5.41) is 6.81. The summed E-state index contributed by atoms with van der Waals surface area (Å²) < 4.78 is 5.17. The van der Waals surface area contributed by atoms with Crippen LogP contribution in [0.1, 0.15) is 37.8 Å². The molecule has 23 heavy (non-hydrogen) atoms. The van der Waals surface area contributed by atoms with Gasteiger partial charge in [-0.3, -0.25) is 0 Å². The van der Waals surface area contributed by atoms with Crippen LogP contribution in [-0.4, -0.2) is 23.1 Å². The van der Waals surface area contributed by atoms with Gasteiger partial charge < -0.3 is 15.4 Å². The fraction of sp³-hybridized carbons (Fsp3) is 0.444. The second-order valence-electron chi connectivity index (χ2n) is 6.05. The third kappa shape index (κ3) is 4.34. The number of nitrogens with zero attached hydrogens (tertiary/aromatic N) is 2. The fourth-order valence-electron chi connectivity index (χ4n) is 2.96. The van der Waals surface area contributed by atoms with E-state index in [2.05, 4.69) is 20.6 Å². The molecule has 0 spiro atoms. The van der Waals surface area contributed by atoms with Crippen molar-refractivity contribution in [2.75, 3.05) is 17.7 Å². The standard InChI is InChI=1S/C18H24N4O/c1-13-12-17(20-14-6-4-3-5-7-14)22-18(19-13)21-15-8-10-16(23-2)11-9-15/h8-12,14H,3-7H2,1-2H3,(H2,19,20,21,22). The molecule has 1 aromatic heterocycles. The van der Waals surface area contributed by atoms with Crippen LogP contribution in [-0.2, 0) is 0 Å². The highest BCUT2D eigenvalue weighted by atomic mass is 16.5. The zero-order valence-electron chi connectivity index (χ0n) is 13.8. The molecule has 0 atom stereocenters. The lowest BCUT2D eigenvalue weighted by Crippen LogP contribution is -2.23. The number of aryl methyl sites for hydroxylation is 1. The number of nitrogens with one attached hydrogen (secondary N) is 2. The molecular weight excluding hydrogens is 288 g/mol. The number of aromatic nitrogens is 2. The topological polar surface area (TPSA) is 59.1 Å². The van der Waals surface area contributed by atoms with E-state index in [0.29, 0.717) is 12.0 Å². The average Bonchev–Trinajstić information content (AvgIpc) is 2.56. The molecule has 0 saturated heterocycles. The number of rotatable bonds is 5. The number of hydrogen-bond donors (Lipinski definition) is 2. The minimum atomic E-state index is 0.534. The van der Waals surface area contributed by atoms with Crippen molar-refractivity contribution in [3.05, 3.63) is 36.0 Å².